The molecule has 22 heavy (non-hydrogen) atoms. The Morgan fingerprint density at radius 2 is 2.09 bits per heavy atom. The Kier molecular flexibility index (Phi) is 3.73. The Labute approximate surface area is 131 Å². The van der Waals surface area contributed by atoms with E-state index in [1.165, 1.54) is 5.56 Å². The van der Waals surface area contributed by atoms with Crippen LogP contribution in [0.2, 0.25) is 0 Å². The molecule has 3 rings (SSSR count). The molecule has 1 aliphatic rings. The summed E-state index contributed by atoms with van der Waals surface area (Å²) in [5.74, 6) is 0.538. The molecule has 0 saturated heterocycles. The number of pyridine rings is 1. The lowest BCUT2D eigenvalue weighted by Gasteiger charge is -2.27. The van der Waals surface area contributed by atoms with E-state index in [2.05, 4.69) is 55.3 Å². The maximum atomic E-state index is 12.5. The molecule has 1 N–H and O–H groups in total. The molecule has 0 radical (unpaired) electrons. The zero-order chi connectivity index (χ0) is 15.7. The minimum absolute atomic E-state index is 0.0771. The maximum Gasteiger partial charge on any atom is 0.224 e. The van der Waals surface area contributed by atoms with Gasteiger partial charge in [0.25, 0.3) is 0 Å². The van der Waals surface area contributed by atoms with Gasteiger partial charge in [-0.2, -0.15) is 0 Å². The lowest BCUT2D eigenvalue weighted by atomic mass is 9.92. The zero-order valence-electron chi connectivity index (χ0n) is 13.3. The number of rotatable bonds is 4. The Morgan fingerprint density at radius 3 is 2.77 bits per heavy atom. The van der Waals surface area contributed by atoms with Gasteiger partial charge in [0.05, 0.1) is 5.54 Å². The summed E-state index contributed by atoms with van der Waals surface area (Å²) in [5.41, 5.74) is 3.15. The standard InChI is InChI=1S/C19H22N2O/c1-13-6-4-8-15(10-13)19(2,3)21-18(22)17-11-16(17)14-7-5-9-20-12-14/h4-10,12,16-17H,11H2,1-3H3,(H,21,22). The first kappa shape index (κ1) is 14.8. The van der Waals surface area contributed by atoms with Gasteiger partial charge >= 0.3 is 0 Å². The zero-order valence-corrected chi connectivity index (χ0v) is 13.3. The molecule has 0 spiro atoms. The summed E-state index contributed by atoms with van der Waals surface area (Å²) in [4.78, 5) is 16.7. The van der Waals surface area contributed by atoms with Crippen LogP contribution in [0.1, 0.15) is 42.9 Å². The lowest BCUT2D eigenvalue weighted by Crippen LogP contribution is -2.42. The number of aromatic nitrogens is 1. The van der Waals surface area contributed by atoms with Gasteiger partial charge < -0.3 is 5.32 Å². The number of benzene rings is 1. The fourth-order valence-corrected chi connectivity index (χ4v) is 2.96. The number of hydrogen-bond acceptors (Lipinski definition) is 2. The molecular weight excluding hydrogens is 272 g/mol. The van der Waals surface area contributed by atoms with E-state index in [9.17, 15) is 4.79 Å². The average Bonchev–Trinajstić information content (AvgIpc) is 3.28. The van der Waals surface area contributed by atoms with Crippen molar-refractivity contribution in [3.05, 3.63) is 65.5 Å². The highest BCUT2D eigenvalue weighted by atomic mass is 16.2. The van der Waals surface area contributed by atoms with E-state index in [0.717, 1.165) is 17.5 Å². The third-order valence-corrected chi connectivity index (χ3v) is 4.42. The van der Waals surface area contributed by atoms with Crippen molar-refractivity contribution in [2.75, 3.05) is 0 Å². The molecule has 2 atom stereocenters. The molecule has 114 valence electrons. The van der Waals surface area contributed by atoms with Crippen LogP contribution in [-0.4, -0.2) is 10.9 Å². The van der Waals surface area contributed by atoms with Crippen LogP contribution in [0, 0.1) is 12.8 Å². The topological polar surface area (TPSA) is 42.0 Å². The third-order valence-electron chi connectivity index (χ3n) is 4.42. The predicted octanol–water partition coefficient (Wildman–Crippen LogP) is 3.55. The third kappa shape index (κ3) is 3.03. The molecule has 1 aromatic heterocycles. The Bertz CT molecular complexity index is 679. The van der Waals surface area contributed by atoms with Crippen LogP contribution in [0.3, 0.4) is 0 Å². The fourth-order valence-electron chi connectivity index (χ4n) is 2.96. The minimum Gasteiger partial charge on any atom is -0.347 e. The van der Waals surface area contributed by atoms with Crippen LogP contribution >= 0.6 is 0 Å². The number of carbonyl (C=O) groups is 1. The molecule has 2 aromatic rings. The predicted molar refractivity (Wildman–Crippen MR) is 87.4 cm³/mol. The number of aryl methyl sites for hydroxylation is 1. The maximum absolute atomic E-state index is 12.5. The molecule has 0 bridgehead atoms. The molecule has 1 saturated carbocycles. The van der Waals surface area contributed by atoms with E-state index in [1.54, 1.807) is 6.20 Å². The molecule has 2 unspecified atom stereocenters. The highest BCUT2D eigenvalue weighted by molar-refractivity contribution is 5.83. The van der Waals surface area contributed by atoms with Crippen molar-refractivity contribution in [2.45, 2.75) is 38.6 Å². The summed E-state index contributed by atoms with van der Waals surface area (Å²) in [7, 11) is 0. The van der Waals surface area contributed by atoms with Crippen molar-refractivity contribution in [1.82, 2.24) is 10.3 Å². The number of hydrogen-bond donors (Lipinski definition) is 1. The minimum atomic E-state index is -0.356. The molecule has 0 aliphatic heterocycles. The largest absolute Gasteiger partial charge is 0.347 e. The van der Waals surface area contributed by atoms with Gasteiger partial charge in [-0.1, -0.05) is 35.9 Å². The number of nitrogens with zero attached hydrogens (tertiary/aromatic N) is 1. The van der Waals surface area contributed by atoms with Crippen LogP contribution < -0.4 is 5.32 Å². The molecule has 1 amide bonds. The smallest absolute Gasteiger partial charge is 0.224 e. The van der Waals surface area contributed by atoms with Gasteiger partial charge in [0.1, 0.15) is 0 Å². The summed E-state index contributed by atoms with van der Waals surface area (Å²) in [6.07, 6.45) is 4.55. The van der Waals surface area contributed by atoms with E-state index in [1.807, 2.05) is 18.3 Å². The Hall–Kier alpha value is -2.16. The van der Waals surface area contributed by atoms with Crippen molar-refractivity contribution >= 4 is 5.91 Å². The average molecular weight is 294 g/mol. The number of nitrogens with one attached hydrogen (secondary N) is 1. The second-order valence-electron chi connectivity index (χ2n) is 6.72. The van der Waals surface area contributed by atoms with Gasteiger partial charge in [-0.05, 0) is 50.3 Å². The summed E-state index contributed by atoms with van der Waals surface area (Å²) >= 11 is 0. The quantitative estimate of drug-likeness (QED) is 0.937. The van der Waals surface area contributed by atoms with Crippen molar-refractivity contribution in [3.63, 3.8) is 0 Å². The molecule has 3 heteroatoms. The highest BCUT2D eigenvalue weighted by Crippen LogP contribution is 2.47. The molecule has 1 fully saturated rings. The number of carbonyl (C=O) groups excluding carboxylic acids is 1. The Balaban J connectivity index is 1.67. The number of amides is 1. The van der Waals surface area contributed by atoms with Gasteiger partial charge in [0.15, 0.2) is 0 Å². The van der Waals surface area contributed by atoms with Gasteiger partial charge in [-0.3, -0.25) is 9.78 Å². The van der Waals surface area contributed by atoms with Crippen LogP contribution in [0.15, 0.2) is 48.8 Å². The molecule has 1 aromatic carbocycles. The van der Waals surface area contributed by atoms with Gasteiger partial charge in [0.2, 0.25) is 5.91 Å². The van der Waals surface area contributed by atoms with Crippen molar-refractivity contribution in [3.8, 4) is 0 Å². The van der Waals surface area contributed by atoms with Crippen LogP contribution in [0.4, 0.5) is 0 Å². The van der Waals surface area contributed by atoms with E-state index in [-0.39, 0.29) is 17.4 Å². The van der Waals surface area contributed by atoms with Gasteiger partial charge in [0, 0.05) is 18.3 Å². The first-order valence-corrected chi connectivity index (χ1v) is 7.76. The summed E-state index contributed by atoms with van der Waals surface area (Å²) in [6, 6.07) is 12.3. The molecule has 1 aliphatic carbocycles. The van der Waals surface area contributed by atoms with Crippen molar-refractivity contribution < 1.29 is 4.79 Å². The van der Waals surface area contributed by atoms with E-state index in [0.29, 0.717) is 5.92 Å². The van der Waals surface area contributed by atoms with E-state index < -0.39 is 0 Å². The van der Waals surface area contributed by atoms with Gasteiger partial charge in [-0.25, -0.2) is 0 Å². The van der Waals surface area contributed by atoms with Crippen LogP contribution in [0.25, 0.3) is 0 Å². The lowest BCUT2D eigenvalue weighted by molar-refractivity contribution is -0.124. The van der Waals surface area contributed by atoms with Crippen molar-refractivity contribution in [2.24, 2.45) is 5.92 Å². The normalized spacial score (nSPS) is 20.5. The van der Waals surface area contributed by atoms with E-state index >= 15 is 0 Å². The first-order chi connectivity index (χ1) is 10.5. The second kappa shape index (κ2) is 5.56. The second-order valence-corrected chi connectivity index (χ2v) is 6.72. The molecular formula is C19H22N2O. The summed E-state index contributed by atoms with van der Waals surface area (Å²) < 4.78 is 0. The van der Waals surface area contributed by atoms with Crippen molar-refractivity contribution in [1.29, 1.82) is 0 Å². The van der Waals surface area contributed by atoms with Crippen LogP contribution in [0.5, 0.6) is 0 Å². The summed E-state index contributed by atoms with van der Waals surface area (Å²) in [5, 5.41) is 3.20. The molecule has 1 heterocycles. The summed E-state index contributed by atoms with van der Waals surface area (Å²) in [6.45, 7) is 6.18. The highest BCUT2D eigenvalue weighted by Gasteiger charge is 2.45. The van der Waals surface area contributed by atoms with Gasteiger partial charge in [-0.15, -0.1) is 0 Å². The van der Waals surface area contributed by atoms with E-state index in [4.69, 9.17) is 0 Å². The SMILES string of the molecule is Cc1cccc(C(C)(C)NC(=O)C2CC2c2cccnc2)c1. The monoisotopic (exact) mass is 294 g/mol. The van der Waals surface area contributed by atoms with Crippen LogP contribution in [-0.2, 0) is 10.3 Å². The fraction of sp³-hybridized carbons (Fsp3) is 0.368. The first-order valence-electron chi connectivity index (χ1n) is 7.76. The Morgan fingerprint density at radius 1 is 1.27 bits per heavy atom. The molecule has 3 nitrogen and oxygen atoms in total.